The molecule has 1 amide bonds. The molecule has 2 aromatic carbocycles. The van der Waals surface area contributed by atoms with Crippen LogP contribution < -0.4 is 10.1 Å². The monoisotopic (exact) mass is 371 g/mol. The maximum absolute atomic E-state index is 13.4. The molecule has 0 aliphatic rings. The van der Waals surface area contributed by atoms with Crippen LogP contribution in [0.5, 0.6) is 5.75 Å². The predicted octanol–water partition coefficient (Wildman–Crippen LogP) is 4.57. The summed E-state index contributed by atoms with van der Waals surface area (Å²) in [6.45, 7) is 1.47. The molecule has 2 aromatic rings. The van der Waals surface area contributed by atoms with E-state index in [1.165, 1.54) is 6.07 Å². The summed E-state index contributed by atoms with van der Waals surface area (Å²) in [5.41, 5.74) is 0.913. The first-order valence-electron chi connectivity index (χ1n) is 6.09. The fraction of sp³-hybridized carbons (Fsp3) is 0.133. The minimum Gasteiger partial charge on any atom is -0.483 e. The van der Waals surface area contributed by atoms with Crippen molar-refractivity contribution in [3.05, 3.63) is 57.3 Å². The van der Waals surface area contributed by atoms with Crippen molar-refractivity contribution in [3.63, 3.8) is 0 Å². The molecular formula is C15H12BrClFNO2. The number of halogens is 3. The number of amides is 1. The number of aryl methyl sites for hydroxylation is 1. The quantitative estimate of drug-likeness (QED) is 0.854. The van der Waals surface area contributed by atoms with E-state index in [0.717, 1.165) is 0 Å². The van der Waals surface area contributed by atoms with Crippen molar-refractivity contribution < 1.29 is 13.9 Å². The van der Waals surface area contributed by atoms with Crippen LogP contribution >= 0.6 is 27.5 Å². The largest absolute Gasteiger partial charge is 0.483 e. The number of anilines is 1. The smallest absolute Gasteiger partial charge is 0.262 e. The van der Waals surface area contributed by atoms with Crippen LogP contribution in [0.3, 0.4) is 0 Å². The maximum Gasteiger partial charge on any atom is 0.262 e. The highest BCUT2D eigenvalue weighted by Gasteiger charge is 2.08. The normalized spacial score (nSPS) is 10.3. The van der Waals surface area contributed by atoms with Gasteiger partial charge in [-0.05, 0) is 58.7 Å². The summed E-state index contributed by atoms with van der Waals surface area (Å²) in [4.78, 5) is 11.8. The van der Waals surface area contributed by atoms with Crippen LogP contribution in [-0.4, -0.2) is 12.5 Å². The summed E-state index contributed by atoms with van der Waals surface area (Å²) in [5.74, 6) is -0.237. The molecule has 0 fully saturated rings. The SMILES string of the molecule is Cc1ccc(NC(=O)COc2ccc(Cl)cc2Br)cc1F. The molecule has 0 saturated carbocycles. The molecule has 0 aliphatic heterocycles. The molecule has 110 valence electrons. The molecule has 0 atom stereocenters. The van der Waals surface area contributed by atoms with Gasteiger partial charge in [-0.25, -0.2) is 4.39 Å². The van der Waals surface area contributed by atoms with Gasteiger partial charge < -0.3 is 10.1 Å². The number of ether oxygens (including phenoxy) is 1. The summed E-state index contributed by atoms with van der Waals surface area (Å²) in [6.07, 6.45) is 0. The highest BCUT2D eigenvalue weighted by Crippen LogP contribution is 2.27. The highest BCUT2D eigenvalue weighted by atomic mass is 79.9. The molecular weight excluding hydrogens is 361 g/mol. The van der Waals surface area contributed by atoms with Crippen LogP contribution in [0.4, 0.5) is 10.1 Å². The lowest BCUT2D eigenvalue weighted by Gasteiger charge is -2.09. The van der Waals surface area contributed by atoms with Crippen molar-refractivity contribution in [2.45, 2.75) is 6.92 Å². The van der Waals surface area contributed by atoms with E-state index in [2.05, 4.69) is 21.2 Å². The van der Waals surface area contributed by atoms with E-state index in [0.29, 0.717) is 26.5 Å². The van der Waals surface area contributed by atoms with Gasteiger partial charge in [-0.15, -0.1) is 0 Å². The lowest BCUT2D eigenvalue weighted by atomic mass is 10.2. The Morgan fingerprint density at radius 1 is 1.33 bits per heavy atom. The number of hydrogen-bond donors (Lipinski definition) is 1. The topological polar surface area (TPSA) is 38.3 Å². The van der Waals surface area contributed by atoms with Crippen LogP contribution in [0.2, 0.25) is 5.02 Å². The standard InChI is InChI=1S/C15H12BrClFNO2/c1-9-2-4-11(7-13(9)18)19-15(20)8-21-14-5-3-10(17)6-12(14)16/h2-7H,8H2,1H3,(H,19,20). The molecule has 0 aromatic heterocycles. The molecule has 0 bridgehead atoms. The third-order valence-corrected chi connectivity index (χ3v) is 3.56. The van der Waals surface area contributed by atoms with Gasteiger partial charge in [0.25, 0.3) is 5.91 Å². The Kier molecular flexibility index (Phi) is 5.20. The Balaban J connectivity index is 1.94. The lowest BCUT2D eigenvalue weighted by Crippen LogP contribution is -2.20. The second-order valence-corrected chi connectivity index (χ2v) is 5.67. The van der Waals surface area contributed by atoms with Gasteiger partial charge in [0.1, 0.15) is 11.6 Å². The van der Waals surface area contributed by atoms with Gasteiger partial charge in [-0.2, -0.15) is 0 Å². The summed E-state index contributed by atoms with van der Waals surface area (Å²) in [6, 6.07) is 9.49. The second-order valence-electron chi connectivity index (χ2n) is 4.38. The molecule has 2 rings (SSSR count). The van der Waals surface area contributed by atoms with Crippen LogP contribution in [0, 0.1) is 12.7 Å². The molecule has 0 saturated heterocycles. The van der Waals surface area contributed by atoms with Gasteiger partial charge in [0.05, 0.1) is 4.47 Å². The van der Waals surface area contributed by atoms with Crippen molar-refractivity contribution >= 4 is 39.1 Å². The minimum absolute atomic E-state index is 0.185. The maximum atomic E-state index is 13.4. The van der Waals surface area contributed by atoms with Crippen LogP contribution in [0.25, 0.3) is 0 Å². The summed E-state index contributed by atoms with van der Waals surface area (Å²) < 4.78 is 19.4. The van der Waals surface area contributed by atoms with Gasteiger partial charge in [0.2, 0.25) is 0 Å². The average molecular weight is 373 g/mol. The molecule has 3 nitrogen and oxygen atoms in total. The Morgan fingerprint density at radius 2 is 2.10 bits per heavy atom. The lowest BCUT2D eigenvalue weighted by molar-refractivity contribution is -0.118. The Hall–Kier alpha value is -1.59. The van der Waals surface area contributed by atoms with E-state index in [1.807, 2.05) is 0 Å². The van der Waals surface area contributed by atoms with Crippen molar-refractivity contribution in [2.24, 2.45) is 0 Å². The number of carbonyl (C=O) groups excluding carboxylic acids is 1. The van der Waals surface area contributed by atoms with Gasteiger partial charge in [-0.1, -0.05) is 17.7 Å². The van der Waals surface area contributed by atoms with E-state index < -0.39 is 0 Å². The van der Waals surface area contributed by atoms with Crippen molar-refractivity contribution in [1.82, 2.24) is 0 Å². The summed E-state index contributed by atoms with van der Waals surface area (Å²) in [7, 11) is 0. The van der Waals surface area contributed by atoms with Crippen LogP contribution in [0.1, 0.15) is 5.56 Å². The zero-order chi connectivity index (χ0) is 15.4. The fourth-order valence-corrected chi connectivity index (χ4v) is 2.40. The summed E-state index contributed by atoms with van der Waals surface area (Å²) >= 11 is 9.10. The third kappa shape index (κ3) is 4.44. The number of benzene rings is 2. The minimum atomic E-state index is -0.375. The zero-order valence-corrected chi connectivity index (χ0v) is 13.5. The van der Waals surface area contributed by atoms with Crippen molar-refractivity contribution in [2.75, 3.05) is 11.9 Å². The first-order valence-corrected chi connectivity index (χ1v) is 7.26. The van der Waals surface area contributed by atoms with E-state index in [9.17, 15) is 9.18 Å². The molecule has 0 unspecified atom stereocenters. The molecule has 21 heavy (non-hydrogen) atoms. The fourth-order valence-electron chi connectivity index (χ4n) is 1.60. The first kappa shape index (κ1) is 15.8. The number of rotatable bonds is 4. The van der Waals surface area contributed by atoms with Crippen molar-refractivity contribution in [3.8, 4) is 5.75 Å². The number of carbonyl (C=O) groups is 1. The van der Waals surface area contributed by atoms with E-state index >= 15 is 0 Å². The number of hydrogen-bond acceptors (Lipinski definition) is 2. The first-order chi connectivity index (χ1) is 9.95. The van der Waals surface area contributed by atoms with Gasteiger partial charge in [-0.3, -0.25) is 4.79 Å². The van der Waals surface area contributed by atoms with Gasteiger partial charge >= 0.3 is 0 Å². The van der Waals surface area contributed by atoms with E-state index in [-0.39, 0.29) is 18.3 Å². The molecule has 0 aliphatic carbocycles. The Labute approximate surface area is 135 Å². The second kappa shape index (κ2) is 6.91. The highest BCUT2D eigenvalue weighted by molar-refractivity contribution is 9.10. The molecule has 0 spiro atoms. The predicted molar refractivity (Wildman–Crippen MR) is 84.4 cm³/mol. The Morgan fingerprint density at radius 3 is 2.76 bits per heavy atom. The van der Waals surface area contributed by atoms with Crippen LogP contribution in [-0.2, 0) is 4.79 Å². The molecule has 6 heteroatoms. The van der Waals surface area contributed by atoms with E-state index in [4.69, 9.17) is 16.3 Å². The van der Waals surface area contributed by atoms with Gasteiger partial charge in [0.15, 0.2) is 6.61 Å². The van der Waals surface area contributed by atoms with Crippen molar-refractivity contribution in [1.29, 1.82) is 0 Å². The average Bonchev–Trinajstić information content (AvgIpc) is 2.42. The van der Waals surface area contributed by atoms with E-state index in [1.54, 1.807) is 37.3 Å². The molecule has 0 heterocycles. The molecule has 0 radical (unpaired) electrons. The number of nitrogens with one attached hydrogen (secondary N) is 1. The third-order valence-electron chi connectivity index (χ3n) is 2.71. The molecule has 1 N–H and O–H groups in total. The van der Waals surface area contributed by atoms with Crippen LogP contribution in [0.15, 0.2) is 40.9 Å². The Bertz CT molecular complexity index is 679. The summed E-state index contributed by atoms with van der Waals surface area (Å²) in [5, 5.41) is 3.13. The van der Waals surface area contributed by atoms with Gasteiger partial charge in [0, 0.05) is 10.7 Å². The zero-order valence-electron chi connectivity index (χ0n) is 11.1.